The first-order valence-electron chi connectivity index (χ1n) is 11.6. The number of morpholine rings is 2. The second-order valence-electron chi connectivity index (χ2n) is 8.54. The topological polar surface area (TPSA) is 79.8 Å². The van der Waals surface area contributed by atoms with Gasteiger partial charge in [0.05, 0.1) is 49.7 Å². The summed E-state index contributed by atoms with van der Waals surface area (Å²) in [5.74, 6) is 0.833. The van der Waals surface area contributed by atoms with Crippen molar-refractivity contribution in [2.45, 2.75) is 13.0 Å². The molecule has 2 saturated heterocycles. The zero-order valence-electron chi connectivity index (χ0n) is 19.2. The summed E-state index contributed by atoms with van der Waals surface area (Å²) >= 11 is 3.54. The molecule has 2 fully saturated rings. The van der Waals surface area contributed by atoms with Gasteiger partial charge in [-0.15, -0.1) is 0 Å². The Balaban J connectivity index is 1.54. The maximum Gasteiger partial charge on any atom is 0.254 e. The molecule has 0 aliphatic carbocycles. The van der Waals surface area contributed by atoms with Crippen LogP contribution in [-0.2, 0) is 9.47 Å². The Kier molecular flexibility index (Phi) is 6.94. The molecule has 2 aromatic carbocycles. The van der Waals surface area contributed by atoms with Crippen molar-refractivity contribution >= 4 is 44.4 Å². The smallest absolute Gasteiger partial charge is 0.254 e. The summed E-state index contributed by atoms with van der Waals surface area (Å²) in [4.78, 5) is 27.1. The molecule has 3 aromatic rings. The molecule has 1 amide bonds. The predicted molar refractivity (Wildman–Crippen MR) is 135 cm³/mol. The Morgan fingerprint density at radius 3 is 2.53 bits per heavy atom. The van der Waals surface area contributed by atoms with Crippen molar-refractivity contribution in [2.75, 3.05) is 62.8 Å². The number of anilines is 2. The van der Waals surface area contributed by atoms with Crippen molar-refractivity contribution in [3.05, 3.63) is 58.2 Å². The molecule has 1 atom stereocenters. The van der Waals surface area contributed by atoms with E-state index in [2.05, 4.69) is 33.1 Å². The van der Waals surface area contributed by atoms with Crippen LogP contribution in [0.2, 0.25) is 0 Å². The fraction of sp³-hybridized carbons (Fsp3) is 0.400. The van der Waals surface area contributed by atoms with Crippen LogP contribution in [0.1, 0.15) is 28.9 Å². The van der Waals surface area contributed by atoms with Gasteiger partial charge >= 0.3 is 0 Å². The number of carbonyl (C=O) groups excluding carboxylic acids is 1. The minimum absolute atomic E-state index is 0.000149. The zero-order chi connectivity index (χ0) is 23.5. The molecule has 8 nitrogen and oxygen atoms in total. The Bertz CT molecular complexity index is 1180. The van der Waals surface area contributed by atoms with Crippen LogP contribution < -0.4 is 10.2 Å². The molecule has 1 unspecified atom stereocenters. The van der Waals surface area contributed by atoms with E-state index in [9.17, 15) is 4.79 Å². The van der Waals surface area contributed by atoms with Gasteiger partial charge < -0.3 is 24.6 Å². The van der Waals surface area contributed by atoms with Crippen LogP contribution in [0.4, 0.5) is 11.5 Å². The highest BCUT2D eigenvalue weighted by molar-refractivity contribution is 9.10. The van der Waals surface area contributed by atoms with Gasteiger partial charge in [0.1, 0.15) is 5.82 Å². The number of fused-ring (bicyclic) bond motifs is 1. The number of nitrogens with zero attached hydrogens (tertiary/aromatic N) is 4. The van der Waals surface area contributed by atoms with Crippen LogP contribution in [0.25, 0.3) is 11.0 Å². The van der Waals surface area contributed by atoms with Crippen molar-refractivity contribution in [3.63, 3.8) is 0 Å². The second kappa shape index (κ2) is 10.2. The van der Waals surface area contributed by atoms with E-state index in [1.165, 1.54) is 0 Å². The molecule has 0 bridgehead atoms. The lowest BCUT2D eigenvalue weighted by Gasteiger charge is -2.29. The molecular formula is C25H28BrN5O3. The minimum atomic E-state index is -0.0940. The number of benzene rings is 2. The highest BCUT2D eigenvalue weighted by Crippen LogP contribution is 2.29. The molecule has 3 heterocycles. The molecule has 0 spiro atoms. The van der Waals surface area contributed by atoms with E-state index in [-0.39, 0.29) is 11.9 Å². The SMILES string of the molecule is CC(Nc1cccc(Br)c1)c1cc(C(=O)N2CCOCC2)cc2ncc(N3CCOCC3)nc12. The van der Waals surface area contributed by atoms with E-state index in [0.717, 1.165) is 40.1 Å². The van der Waals surface area contributed by atoms with Crippen molar-refractivity contribution in [1.82, 2.24) is 14.9 Å². The van der Waals surface area contributed by atoms with Gasteiger partial charge in [-0.2, -0.15) is 0 Å². The zero-order valence-corrected chi connectivity index (χ0v) is 20.8. The summed E-state index contributed by atoms with van der Waals surface area (Å²) in [6.07, 6.45) is 1.80. The van der Waals surface area contributed by atoms with Crippen molar-refractivity contribution in [2.24, 2.45) is 0 Å². The Morgan fingerprint density at radius 1 is 1.06 bits per heavy atom. The number of hydrogen-bond donors (Lipinski definition) is 1. The summed E-state index contributed by atoms with van der Waals surface area (Å²) in [6, 6.07) is 11.8. The van der Waals surface area contributed by atoms with Crippen LogP contribution in [-0.4, -0.2) is 73.4 Å². The normalized spacial score (nSPS) is 17.6. The lowest BCUT2D eigenvalue weighted by Crippen LogP contribution is -2.40. The molecule has 5 rings (SSSR count). The van der Waals surface area contributed by atoms with E-state index in [1.54, 1.807) is 6.20 Å². The van der Waals surface area contributed by atoms with Gasteiger partial charge in [-0.3, -0.25) is 9.78 Å². The Labute approximate surface area is 207 Å². The van der Waals surface area contributed by atoms with Crippen LogP contribution in [0.5, 0.6) is 0 Å². The lowest BCUT2D eigenvalue weighted by atomic mass is 10.0. The van der Waals surface area contributed by atoms with E-state index < -0.39 is 0 Å². The highest BCUT2D eigenvalue weighted by atomic mass is 79.9. The standard InChI is InChI=1S/C25H28BrN5O3/c1-17(28-20-4-2-3-19(26)15-20)21-13-18(25(32)31-7-11-34-12-8-31)14-22-24(21)29-23(16-27-22)30-5-9-33-10-6-30/h2-4,13-17,28H,5-12H2,1H3. The molecular weight excluding hydrogens is 498 g/mol. The predicted octanol–water partition coefficient (Wildman–Crippen LogP) is 3.87. The number of rotatable bonds is 5. The third-order valence-electron chi connectivity index (χ3n) is 6.22. The number of halogens is 1. The molecule has 1 aromatic heterocycles. The van der Waals surface area contributed by atoms with Gasteiger partial charge in [0.15, 0.2) is 0 Å². The van der Waals surface area contributed by atoms with Gasteiger partial charge in [0, 0.05) is 47.5 Å². The molecule has 0 saturated carbocycles. The number of aromatic nitrogens is 2. The molecule has 2 aliphatic heterocycles. The fourth-order valence-electron chi connectivity index (χ4n) is 4.39. The number of carbonyl (C=O) groups is 1. The van der Waals surface area contributed by atoms with E-state index in [4.69, 9.17) is 19.4 Å². The van der Waals surface area contributed by atoms with Crippen LogP contribution in [0, 0.1) is 0 Å². The van der Waals surface area contributed by atoms with Crippen molar-refractivity contribution in [3.8, 4) is 0 Å². The van der Waals surface area contributed by atoms with E-state index in [1.807, 2.05) is 41.3 Å². The van der Waals surface area contributed by atoms with E-state index >= 15 is 0 Å². The fourth-order valence-corrected chi connectivity index (χ4v) is 4.78. The molecule has 0 radical (unpaired) electrons. The maximum atomic E-state index is 13.3. The van der Waals surface area contributed by atoms with Gasteiger partial charge in [-0.25, -0.2) is 4.98 Å². The quantitative estimate of drug-likeness (QED) is 0.541. The van der Waals surface area contributed by atoms with Gasteiger partial charge in [0.2, 0.25) is 0 Å². The van der Waals surface area contributed by atoms with Crippen LogP contribution in [0.3, 0.4) is 0 Å². The summed E-state index contributed by atoms with van der Waals surface area (Å²) in [7, 11) is 0. The average Bonchev–Trinajstić information content (AvgIpc) is 2.88. The summed E-state index contributed by atoms with van der Waals surface area (Å²) in [5.41, 5.74) is 4.07. The van der Waals surface area contributed by atoms with Crippen molar-refractivity contribution in [1.29, 1.82) is 0 Å². The largest absolute Gasteiger partial charge is 0.378 e. The van der Waals surface area contributed by atoms with Gasteiger partial charge in [-0.1, -0.05) is 22.0 Å². The average molecular weight is 526 g/mol. The van der Waals surface area contributed by atoms with Crippen molar-refractivity contribution < 1.29 is 14.3 Å². The number of ether oxygens (including phenoxy) is 2. The van der Waals surface area contributed by atoms with Crippen LogP contribution >= 0.6 is 15.9 Å². The summed E-state index contributed by atoms with van der Waals surface area (Å²) in [6.45, 7) is 7.34. The number of hydrogen-bond acceptors (Lipinski definition) is 7. The third kappa shape index (κ3) is 5.01. The second-order valence-corrected chi connectivity index (χ2v) is 9.46. The molecule has 9 heteroatoms. The summed E-state index contributed by atoms with van der Waals surface area (Å²) in [5, 5.41) is 3.56. The lowest BCUT2D eigenvalue weighted by molar-refractivity contribution is 0.0303. The first-order valence-corrected chi connectivity index (χ1v) is 12.4. The van der Waals surface area contributed by atoms with E-state index in [0.29, 0.717) is 50.6 Å². The third-order valence-corrected chi connectivity index (χ3v) is 6.71. The minimum Gasteiger partial charge on any atom is -0.378 e. The monoisotopic (exact) mass is 525 g/mol. The first-order chi connectivity index (χ1) is 16.6. The maximum absolute atomic E-state index is 13.3. The highest BCUT2D eigenvalue weighted by Gasteiger charge is 2.23. The van der Waals surface area contributed by atoms with Gasteiger partial charge in [0.25, 0.3) is 5.91 Å². The molecule has 1 N–H and O–H groups in total. The summed E-state index contributed by atoms with van der Waals surface area (Å²) < 4.78 is 11.9. The van der Waals surface area contributed by atoms with Crippen LogP contribution in [0.15, 0.2) is 47.1 Å². The molecule has 178 valence electrons. The molecule has 34 heavy (non-hydrogen) atoms. The number of amides is 1. The number of nitrogens with one attached hydrogen (secondary N) is 1. The van der Waals surface area contributed by atoms with Gasteiger partial charge in [-0.05, 0) is 37.3 Å². The molecule has 2 aliphatic rings. The Morgan fingerprint density at radius 2 is 1.79 bits per heavy atom. The Hall–Kier alpha value is -2.75. The first kappa shape index (κ1) is 23.0.